The van der Waals surface area contributed by atoms with Crippen molar-refractivity contribution in [2.45, 2.75) is 45.6 Å². The molecule has 1 saturated carbocycles. The molecule has 0 saturated heterocycles. The minimum Gasteiger partial charge on any atom is -0.331 e. The number of H-pyrrole nitrogens is 1. The summed E-state index contributed by atoms with van der Waals surface area (Å²) in [6.45, 7) is 3.25. The minimum absolute atomic E-state index is 0.385. The molecule has 1 aromatic carbocycles. The summed E-state index contributed by atoms with van der Waals surface area (Å²) in [6, 6.07) is 7.94. The van der Waals surface area contributed by atoms with Crippen LogP contribution in [0, 0.1) is 21.5 Å². The van der Waals surface area contributed by atoms with Crippen LogP contribution in [-0.4, -0.2) is 9.55 Å². The van der Waals surface area contributed by atoms with Gasteiger partial charge in [-0.2, -0.15) is 5.26 Å². The molecule has 3 rings (SSSR count). The number of hydrogen-bond acceptors (Lipinski definition) is 2. The van der Waals surface area contributed by atoms with Crippen molar-refractivity contribution in [1.29, 1.82) is 5.26 Å². The van der Waals surface area contributed by atoms with E-state index >= 15 is 0 Å². The van der Waals surface area contributed by atoms with Gasteiger partial charge in [-0.1, -0.05) is 19.8 Å². The summed E-state index contributed by atoms with van der Waals surface area (Å²) >= 11 is 5.49. The summed E-state index contributed by atoms with van der Waals surface area (Å²) in [6.07, 6.45) is 6.42. The molecule has 1 N–H and O–H groups in total. The molecule has 0 unspecified atom stereocenters. The van der Waals surface area contributed by atoms with E-state index in [4.69, 9.17) is 17.5 Å². The first-order valence-corrected chi connectivity index (χ1v) is 7.71. The zero-order chi connectivity index (χ0) is 14.2. The average Bonchev–Trinajstić information content (AvgIpc) is 3.05. The van der Waals surface area contributed by atoms with Crippen molar-refractivity contribution in [3.8, 4) is 6.07 Å². The van der Waals surface area contributed by atoms with Crippen LogP contribution in [-0.2, 0) is 6.54 Å². The van der Waals surface area contributed by atoms with Gasteiger partial charge in [-0.3, -0.25) is 0 Å². The topological polar surface area (TPSA) is 44.5 Å². The molecule has 1 fully saturated rings. The molecule has 0 atom stereocenters. The second-order valence-electron chi connectivity index (χ2n) is 5.92. The molecule has 1 aliphatic carbocycles. The van der Waals surface area contributed by atoms with Crippen molar-refractivity contribution in [3.05, 3.63) is 28.5 Å². The predicted octanol–water partition coefficient (Wildman–Crippen LogP) is 4.54. The number of nitrogens with zero attached hydrogens (tertiary/aromatic N) is 2. The fraction of sp³-hybridized carbons (Fsp3) is 0.500. The molecule has 1 aromatic heterocycles. The third kappa shape index (κ3) is 2.16. The smallest absolute Gasteiger partial charge is 0.178 e. The number of aromatic amines is 1. The molecule has 104 valence electrons. The highest BCUT2D eigenvalue weighted by molar-refractivity contribution is 7.71. The number of imidazole rings is 1. The zero-order valence-corrected chi connectivity index (χ0v) is 12.6. The van der Waals surface area contributed by atoms with Crippen LogP contribution in [0.4, 0.5) is 0 Å². The zero-order valence-electron chi connectivity index (χ0n) is 11.8. The van der Waals surface area contributed by atoms with Crippen molar-refractivity contribution >= 4 is 23.3 Å². The summed E-state index contributed by atoms with van der Waals surface area (Å²) in [7, 11) is 0. The van der Waals surface area contributed by atoms with Crippen molar-refractivity contribution in [2.75, 3.05) is 0 Å². The van der Waals surface area contributed by atoms with E-state index in [1.165, 1.54) is 32.1 Å². The third-order valence-corrected chi connectivity index (χ3v) is 5.13. The molecule has 3 nitrogen and oxygen atoms in total. The van der Waals surface area contributed by atoms with E-state index in [-0.39, 0.29) is 0 Å². The van der Waals surface area contributed by atoms with E-state index in [0.29, 0.717) is 11.0 Å². The molecule has 4 heteroatoms. The molecule has 1 aliphatic rings. The number of hydrogen-bond donors (Lipinski definition) is 1. The number of rotatable bonds is 3. The lowest BCUT2D eigenvalue weighted by atomic mass is 9.83. The Labute approximate surface area is 124 Å². The van der Waals surface area contributed by atoms with E-state index in [1.807, 2.05) is 18.2 Å². The molecular formula is C16H19N3S. The van der Waals surface area contributed by atoms with Crippen LogP contribution in [0.2, 0.25) is 0 Å². The summed E-state index contributed by atoms with van der Waals surface area (Å²) in [4.78, 5) is 3.26. The van der Waals surface area contributed by atoms with E-state index < -0.39 is 0 Å². The molecule has 20 heavy (non-hydrogen) atoms. The third-order valence-electron chi connectivity index (χ3n) is 4.81. The highest BCUT2D eigenvalue weighted by Gasteiger charge is 2.32. The van der Waals surface area contributed by atoms with Gasteiger partial charge in [0.15, 0.2) is 4.77 Å². The van der Waals surface area contributed by atoms with Crippen molar-refractivity contribution in [2.24, 2.45) is 5.41 Å². The molecule has 0 amide bonds. The average molecular weight is 285 g/mol. The second-order valence-corrected chi connectivity index (χ2v) is 6.31. The largest absolute Gasteiger partial charge is 0.331 e. The van der Waals surface area contributed by atoms with Gasteiger partial charge in [0.25, 0.3) is 0 Å². The lowest BCUT2D eigenvalue weighted by Gasteiger charge is -2.28. The van der Waals surface area contributed by atoms with Gasteiger partial charge in [0, 0.05) is 6.54 Å². The highest BCUT2D eigenvalue weighted by atomic mass is 32.1. The standard InChI is InChI=1S/C16H19N3S/c1-2-16(7-3-4-8-16)11-19-14-9-12(10-17)5-6-13(14)18-15(19)20/h5-6,9H,2-4,7-8,11H2,1H3,(H,18,20). The van der Waals surface area contributed by atoms with Crippen LogP contribution in [0.25, 0.3) is 11.0 Å². The maximum atomic E-state index is 9.08. The van der Waals surface area contributed by atoms with E-state index in [9.17, 15) is 0 Å². The summed E-state index contributed by atoms with van der Waals surface area (Å²) in [5.41, 5.74) is 3.17. The van der Waals surface area contributed by atoms with E-state index in [0.717, 1.165) is 22.3 Å². The molecular weight excluding hydrogens is 266 g/mol. The molecule has 1 heterocycles. The molecule has 0 aliphatic heterocycles. The van der Waals surface area contributed by atoms with Gasteiger partial charge in [-0.25, -0.2) is 0 Å². The monoisotopic (exact) mass is 285 g/mol. The van der Waals surface area contributed by atoms with Gasteiger partial charge in [-0.15, -0.1) is 0 Å². The minimum atomic E-state index is 0.385. The first-order valence-electron chi connectivity index (χ1n) is 7.30. The first-order chi connectivity index (χ1) is 9.67. The number of nitriles is 1. The maximum Gasteiger partial charge on any atom is 0.178 e. The predicted molar refractivity (Wildman–Crippen MR) is 83.0 cm³/mol. The number of nitrogens with one attached hydrogen (secondary N) is 1. The molecule has 0 bridgehead atoms. The van der Waals surface area contributed by atoms with E-state index in [2.05, 4.69) is 22.5 Å². The Kier molecular flexibility index (Phi) is 3.39. The lowest BCUT2D eigenvalue weighted by Crippen LogP contribution is -2.22. The number of benzene rings is 1. The molecule has 0 radical (unpaired) electrons. The van der Waals surface area contributed by atoms with E-state index in [1.54, 1.807) is 0 Å². The van der Waals surface area contributed by atoms with Gasteiger partial charge in [0.2, 0.25) is 0 Å². The Balaban J connectivity index is 2.09. The normalized spacial score (nSPS) is 17.4. The van der Waals surface area contributed by atoms with Gasteiger partial charge >= 0.3 is 0 Å². The fourth-order valence-electron chi connectivity index (χ4n) is 3.46. The van der Waals surface area contributed by atoms with Crippen molar-refractivity contribution in [3.63, 3.8) is 0 Å². The van der Waals surface area contributed by atoms with Gasteiger partial charge in [0.05, 0.1) is 22.7 Å². The van der Waals surface area contributed by atoms with Gasteiger partial charge < -0.3 is 9.55 Å². The Morgan fingerprint density at radius 3 is 2.80 bits per heavy atom. The highest BCUT2D eigenvalue weighted by Crippen LogP contribution is 2.42. The Morgan fingerprint density at radius 1 is 1.40 bits per heavy atom. The van der Waals surface area contributed by atoms with Crippen LogP contribution in [0.3, 0.4) is 0 Å². The van der Waals surface area contributed by atoms with Gasteiger partial charge in [-0.05, 0) is 55.1 Å². The quantitative estimate of drug-likeness (QED) is 0.841. The fourth-order valence-corrected chi connectivity index (χ4v) is 3.74. The van der Waals surface area contributed by atoms with Crippen LogP contribution >= 0.6 is 12.2 Å². The Bertz CT molecular complexity index is 726. The van der Waals surface area contributed by atoms with Crippen molar-refractivity contribution < 1.29 is 0 Å². The molecule has 2 aromatic rings. The number of aromatic nitrogens is 2. The Morgan fingerprint density at radius 2 is 2.15 bits per heavy atom. The number of fused-ring (bicyclic) bond motifs is 1. The van der Waals surface area contributed by atoms with Crippen LogP contribution < -0.4 is 0 Å². The summed E-state index contributed by atoms with van der Waals surface area (Å²) < 4.78 is 2.97. The van der Waals surface area contributed by atoms with Gasteiger partial charge in [0.1, 0.15) is 0 Å². The van der Waals surface area contributed by atoms with Crippen LogP contribution in [0.1, 0.15) is 44.6 Å². The SMILES string of the molecule is CCC1(Cn2c(=S)[nH]c3ccc(C#N)cc32)CCCC1. The van der Waals surface area contributed by atoms with Crippen LogP contribution in [0.15, 0.2) is 18.2 Å². The van der Waals surface area contributed by atoms with Crippen LogP contribution in [0.5, 0.6) is 0 Å². The van der Waals surface area contributed by atoms with Crippen molar-refractivity contribution in [1.82, 2.24) is 9.55 Å². The summed E-state index contributed by atoms with van der Waals surface area (Å²) in [5, 5.41) is 9.08. The first kappa shape index (κ1) is 13.4. The molecule has 0 spiro atoms. The maximum absolute atomic E-state index is 9.08. The lowest BCUT2D eigenvalue weighted by molar-refractivity contribution is 0.239. The summed E-state index contributed by atoms with van der Waals surface area (Å²) in [5.74, 6) is 0. The second kappa shape index (κ2) is 5.06. The Hall–Kier alpha value is -1.60.